The van der Waals surface area contributed by atoms with Gasteiger partial charge in [-0.3, -0.25) is 14.7 Å². The molecular weight excluding hydrogens is 510 g/mol. The maximum absolute atomic E-state index is 13.4. The van der Waals surface area contributed by atoms with Crippen LogP contribution in [0, 0.1) is 0 Å². The second kappa shape index (κ2) is 9.23. The summed E-state index contributed by atoms with van der Waals surface area (Å²) < 4.78 is 3.29. The molecule has 0 saturated carbocycles. The summed E-state index contributed by atoms with van der Waals surface area (Å²) in [5.74, 6) is 0.652. The van der Waals surface area contributed by atoms with Crippen LogP contribution >= 0.6 is 11.6 Å². The molecule has 0 fully saturated rings. The highest BCUT2D eigenvalue weighted by Crippen LogP contribution is 2.34. The Labute approximate surface area is 220 Å². The quantitative estimate of drug-likeness (QED) is 0.351. The zero-order chi connectivity index (χ0) is 26.4. The van der Waals surface area contributed by atoms with Gasteiger partial charge in [0.1, 0.15) is 12.2 Å². The van der Waals surface area contributed by atoms with Crippen molar-refractivity contribution in [3.63, 3.8) is 0 Å². The number of hydrogen-bond donors (Lipinski definition) is 2. The van der Waals surface area contributed by atoms with Crippen LogP contribution in [0.1, 0.15) is 24.0 Å². The number of carbonyl (C=O) groups is 1. The molecule has 1 aliphatic rings. The van der Waals surface area contributed by atoms with Crippen molar-refractivity contribution in [2.45, 2.75) is 18.9 Å². The van der Waals surface area contributed by atoms with E-state index in [2.05, 4.69) is 30.5 Å². The van der Waals surface area contributed by atoms with E-state index in [9.17, 15) is 9.59 Å². The van der Waals surface area contributed by atoms with Gasteiger partial charge in [-0.1, -0.05) is 11.6 Å². The van der Waals surface area contributed by atoms with Crippen molar-refractivity contribution in [1.82, 2.24) is 39.7 Å². The number of aryl methyl sites for hydroxylation is 1. The van der Waals surface area contributed by atoms with Crippen LogP contribution in [0.2, 0.25) is 5.02 Å². The fourth-order valence-electron chi connectivity index (χ4n) is 4.71. The highest BCUT2D eigenvalue weighted by molar-refractivity contribution is 6.31. The highest BCUT2D eigenvalue weighted by atomic mass is 35.5. The van der Waals surface area contributed by atoms with Gasteiger partial charge in [0.15, 0.2) is 0 Å². The van der Waals surface area contributed by atoms with Crippen molar-refractivity contribution >= 4 is 23.4 Å². The SMILES string of the molecule is CN(C(=O)O)c1ccc(-c2cnc([C@@H]3CCc4cc(-c5cc(Cl)ccc5-n5cnnn5)cc(=O)n43)[nH]2)nc1. The number of hydrogen-bond acceptors (Lipinski definition) is 7. The number of aromatic amines is 1. The Hall–Kier alpha value is -4.84. The summed E-state index contributed by atoms with van der Waals surface area (Å²) >= 11 is 6.29. The molecule has 5 heterocycles. The number of nitrogens with zero attached hydrogens (tertiary/aromatic N) is 8. The van der Waals surface area contributed by atoms with Gasteiger partial charge in [-0.2, -0.15) is 4.68 Å². The monoisotopic (exact) mass is 529 g/mol. The standard InChI is InChI=1S/C25H20ClN9O3/c1-33(25(37)38)17-3-5-19(27-11-17)20-12-28-24(30-20)22-7-4-16-8-14(9-23(36)35(16)22)18-10-15(26)2-6-21(18)34-13-29-31-32-34/h2-3,5-6,8-13,22H,4,7H2,1H3,(H,28,30)(H,37,38)/t22-/m0/s1. The lowest BCUT2D eigenvalue weighted by atomic mass is 10.0. The Bertz CT molecular complexity index is 1710. The number of imidazole rings is 1. The van der Waals surface area contributed by atoms with E-state index in [4.69, 9.17) is 16.7 Å². The third-order valence-electron chi connectivity index (χ3n) is 6.61. The number of H-pyrrole nitrogens is 1. The topological polar surface area (TPSA) is 148 Å². The van der Waals surface area contributed by atoms with Crippen LogP contribution in [0.3, 0.4) is 0 Å². The van der Waals surface area contributed by atoms with Crippen LogP contribution in [0.25, 0.3) is 28.2 Å². The van der Waals surface area contributed by atoms with E-state index in [0.717, 1.165) is 21.7 Å². The van der Waals surface area contributed by atoms with Crippen molar-refractivity contribution in [3.05, 3.63) is 88.1 Å². The van der Waals surface area contributed by atoms with E-state index >= 15 is 0 Å². The molecule has 2 N–H and O–H groups in total. The molecule has 0 saturated heterocycles. The van der Waals surface area contributed by atoms with Gasteiger partial charge < -0.3 is 14.7 Å². The normalized spacial score (nSPS) is 14.4. The van der Waals surface area contributed by atoms with Gasteiger partial charge in [0.2, 0.25) is 0 Å². The molecule has 0 bridgehead atoms. The first-order chi connectivity index (χ1) is 18.4. The summed E-state index contributed by atoms with van der Waals surface area (Å²) in [6.45, 7) is 0. The minimum atomic E-state index is -1.07. The number of anilines is 1. The fourth-order valence-corrected chi connectivity index (χ4v) is 4.88. The number of carboxylic acid groups (broad SMARTS) is 1. The number of halogens is 1. The molecule has 1 atom stereocenters. The van der Waals surface area contributed by atoms with Gasteiger partial charge in [-0.05, 0) is 65.2 Å². The average Bonchev–Trinajstić information content (AvgIpc) is 3.69. The number of nitrogens with one attached hydrogen (secondary N) is 1. The molecular formula is C25H20ClN9O3. The van der Waals surface area contributed by atoms with Gasteiger partial charge in [0.05, 0.1) is 41.2 Å². The zero-order valence-electron chi connectivity index (χ0n) is 20.0. The molecule has 0 radical (unpaired) electrons. The molecule has 1 amide bonds. The van der Waals surface area contributed by atoms with Crippen LogP contribution < -0.4 is 10.5 Å². The van der Waals surface area contributed by atoms with Crippen molar-refractivity contribution < 1.29 is 9.90 Å². The first-order valence-electron chi connectivity index (χ1n) is 11.7. The molecule has 0 spiro atoms. The summed E-state index contributed by atoms with van der Waals surface area (Å²) in [5, 5.41) is 21.1. The number of tetrazole rings is 1. The van der Waals surface area contributed by atoms with Crippen LogP contribution in [0.5, 0.6) is 0 Å². The Balaban J connectivity index is 1.32. The summed E-state index contributed by atoms with van der Waals surface area (Å²) in [6.07, 6.45) is 4.97. The van der Waals surface area contributed by atoms with Crippen LogP contribution in [-0.2, 0) is 6.42 Å². The molecule has 4 aromatic heterocycles. The molecule has 0 unspecified atom stereocenters. The summed E-state index contributed by atoms with van der Waals surface area (Å²) in [6, 6.07) is 12.1. The van der Waals surface area contributed by atoms with Crippen molar-refractivity contribution in [2.75, 3.05) is 11.9 Å². The van der Waals surface area contributed by atoms with Crippen LogP contribution in [-0.4, -0.2) is 58.0 Å². The number of fused-ring (bicyclic) bond motifs is 1. The summed E-state index contributed by atoms with van der Waals surface area (Å²) in [4.78, 5) is 37.8. The van der Waals surface area contributed by atoms with E-state index in [0.29, 0.717) is 46.5 Å². The number of pyridine rings is 2. The Kier molecular flexibility index (Phi) is 5.72. The van der Waals surface area contributed by atoms with Crippen LogP contribution in [0.4, 0.5) is 10.5 Å². The lowest BCUT2D eigenvalue weighted by Crippen LogP contribution is -2.24. The minimum Gasteiger partial charge on any atom is -0.465 e. The number of amides is 1. The molecule has 190 valence electrons. The highest BCUT2D eigenvalue weighted by Gasteiger charge is 2.28. The van der Waals surface area contributed by atoms with Crippen molar-refractivity contribution in [3.8, 4) is 28.2 Å². The summed E-state index contributed by atoms with van der Waals surface area (Å²) in [7, 11) is 1.45. The van der Waals surface area contributed by atoms with Gasteiger partial charge in [-0.25, -0.2) is 9.78 Å². The Morgan fingerprint density at radius 2 is 2.03 bits per heavy atom. The molecule has 6 rings (SSSR count). The van der Waals surface area contributed by atoms with E-state index in [1.165, 1.54) is 24.3 Å². The predicted octanol–water partition coefficient (Wildman–Crippen LogP) is 3.58. The van der Waals surface area contributed by atoms with Gasteiger partial charge >= 0.3 is 6.09 Å². The summed E-state index contributed by atoms with van der Waals surface area (Å²) in [5.41, 5.74) is 4.66. The molecule has 1 aliphatic heterocycles. The van der Waals surface area contributed by atoms with Crippen LogP contribution in [0.15, 0.2) is 66.0 Å². The molecule has 1 aromatic carbocycles. The number of aromatic nitrogens is 8. The molecule has 12 nitrogen and oxygen atoms in total. The van der Waals surface area contributed by atoms with Gasteiger partial charge in [0.25, 0.3) is 5.56 Å². The third kappa shape index (κ3) is 4.10. The van der Waals surface area contributed by atoms with E-state index in [1.54, 1.807) is 41.1 Å². The first-order valence-corrected chi connectivity index (χ1v) is 12.0. The second-order valence-corrected chi connectivity index (χ2v) is 9.28. The predicted molar refractivity (Wildman–Crippen MR) is 139 cm³/mol. The number of rotatable bonds is 5. The Morgan fingerprint density at radius 1 is 1.16 bits per heavy atom. The van der Waals surface area contributed by atoms with Crippen molar-refractivity contribution in [2.24, 2.45) is 0 Å². The lowest BCUT2D eigenvalue weighted by Gasteiger charge is -2.15. The largest absolute Gasteiger partial charge is 0.465 e. The Morgan fingerprint density at radius 3 is 2.76 bits per heavy atom. The lowest BCUT2D eigenvalue weighted by molar-refractivity contribution is 0.203. The smallest absolute Gasteiger partial charge is 0.411 e. The molecule has 0 aliphatic carbocycles. The van der Waals surface area contributed by atoms with E-state index in [-0.39, 0.29) is 11.6 Å². The van der Waals surface area contributed by atoms with Gasteiger partial charge in [-0.15, -0.1) is 5.10 Å². The van der Waals surface area contributed by atoms with E-state index in [1.807, 2.05) is 12.1 Å². The maximum Gasteiger partial charge on any atom is 0.411 e. The third-order valence-corrected chi connectivity index (χ3v) is 6.84. The maximum atomic E-state index is 13.4. The second-order valence-electron chi connectivity index (χ2n) is 8.84. The average molecular weight is 530 g/mol. The minimum absolute atomic E-state index is 0.153. The fraction of sp³-hybridized carbons (Fsp3) is 0.160. The molecule has 5 aromatic rings. The van der Waals surface area contributed by atoms with Crippen molar-refractivity contribution in [1.29, 1.82) is 0 Å². The first kappa shape index (κ1) is 23.6. The molecule has 38 heavy (non-hydrogen) atoms. The van der Waals surface area contributed by atoms with E-state index < -0.39 is 6.09 Å². The zero-order valence-corrected chi connectivity index (χ0v) is 20.7. The van der Waals surface area contributed by atoms with Gasteiger partial charge in [0, 0.05) is 29.4 Å². The number of benzene rings is 1. The molecule has 13 heteroatoms.